The third-order valence-electron chi connectivity index (χ3n) is 3.51. The van der Waals surface area contributed by atoms with Crippen LogP contribution in [0.3, 0.4) is 0 Å². The number of unbranched alkanes of at least 4 members (excludes halogenated alkanes) is 1. The van der Waals surface area contributed by atoms with E-state index in [1.165, 1.54) is 33.9 Å². The van der Waals surface area contributed by atoms with Crippen molar-refractivity contribution in [2.45, 2.75) is 46.2 Å². The van der Waals surface area contributed by atoms with Gasteiger partial charge in [0.1, 0.15) is 0 Å². The summed E-state index contributed by atoms with van der Waals surface area (Å²) in [6.45, 7) is 8.78. The predicted octanol–water partition coefficient (Wildman–Crippen LogP) is 4.49. The Morgan fingerprint density at radius 2 is 1.95 bits per heavy atom. The van der Waals surface area contributed by atoms with Gasteiger partial charge in [0.2, 0.25) is 0 Å². The molecule has 2 rings (SSSR count). The van der Waals surface area contributed by atoms with E-state index in [2.05, 4.69) is 70.9 Å². The molecule has 3 heteroatoms. The number of hydrogen-bond acceptors (Lipinski definition) is 1. The molecule has 0 radical (unpaired) electrons. The lowest BCUT2D eigenvalue weighted by atomic mass is 10.2. The Bertz CT molecular complexity index is 543. The fraction of sp³-hybridized carbons (Fsp3) is 0.500. The molecule has 104 valence electrons. The normalized spacial score (nSPS) is 11.6. The topological polar surface area (TPSA) is 17.0 Å². The lowest BCUT2D eigenvalue weighted by molar-refractivity contribution is 0.533. The largest absolute Gasteiger partial charge is 0.344 e. The van der Waals surface area contributed by atoms with E-state index in [1.54, 1.807) is 0 Å². The predicted molar refractivity (Wildman–Crippen MR) is 86.7 cm³/mol. The minimum Gasteiger partial charge on any atom is -0.344 e. The van der Waals surface area contributed by atoms with Crippen LogP contribution in [-0.4, -0.2) is 17.2 Å². The molecule has 0 spiro atoms. The van der Waals surface area contributed by atoms with Crippen LogP contribution in [0.15, 0.2) is 28.7 Å². The Balaban J connectivity index is 2.02. The third-order valence-corrected chi connectivity index (χ3v) is 4.52. The van der Waals surface area contributed by atoms with Crippen LogP contribution in [0.5, 0.6) is 0 Å². The summed E-state index contributed by atoms with van der Waals surface area (Å²) in [7, 11) is 0. The van der Waals surface area contributed by atoms with Crippen molar-refractivity contribution in [3.8, 4) is 0 Å². The second-order valence-corrected chi connectivity index (χ2v) is 6.18. The van der Waals surface area contributed by atoms with E-state index < -0.39 is 0 Å². The number of nitrogens with zero attached hydrogens (tertiary/aromatic N) is 1. The number of halogens is 1. The van der Waals surface area contributed by atoms with Crippen LogP contribution in [0.25, 0.3) is 10.9 Å². The average Bonchev–Trinajstić information content (AvgIpc) is 2.63. The summed E-state index contributed by atoms with van der Waals surface area (Å²) in [5, 5.41) is 4.79. The molecule has 1 N–H and O–H groups in total. The lowest BCUT2D eigenvalue weighted by Crippen LogP contribution is -2.23. The van der Waals surface area contributed by atoms with Gasteiger partial charge in [0, 0.05) is 33.7 Å². The standard InChI is InChI=1S/C16H23BrN2/c1-12(2)18-10-6-7-11-19-13(3)16(17)14-8-4-5-9-15(14)19/h4-5,8-9,12,18H,6-7,10-11H2,1-3H3. The first-order valence-corrected chi connectivity index (χ1v) is 7.87. The molecule has 1 aromatic carbocycles. The first-order valence-electron chi connectivity index (χ1n) is 7.08. The Hall–Kier alpha value is -0.800. The van der Waals surface area contributed by atoms with Crippen molar-refractivity contribution in [3.05, 3.63) is 34.4 Å². The smallest absolute Gasteiger partial charge is 0.0494 e. The van der Waals surface area contributed by atoms with Gasteiger partial charge in [0.15, 0.2) is 0 Å². The van der Waals surface area contributed by atoms with Gasteiger partial charge in [-0.3, -0.25) is 0 Å². The number of para-hydroxylation sites is 1. The van der Waals surface area contributed by atoms with Gasteiger partial charge in [0.25, 0.3) is 0 Å². The molecule has 0 bridgehead atoms. The number of nitrogens with one attached hydrogen (secondary N) is 1. The summed E-state index contributed by atoms with van der Waals surface area (Å²) in [6.07, 6.45) is 2.44. The van der Waals surface area contributed by atoms with Crippen LogP contribution in [-0.2, 0) is 6.54 Å². The maximum absolute atomic E-state index is 3.71. The number of benzene rings is 1. The number of fused-ring (bicyclic) bond motifs is 1. The molecule has 0 amide bonds. The summed E-state index contributed by atoms with van der Waals surface area (Å²) in [6, 6.07) is 9.19. The molecule has 0 fully saturated rings. The number of rotatable bonds is 6. The summed E-state index contributed by atoms with van der Waals surface area (Å²) < 4.78 is 3.66. The molecule has 1 aromatic heterocycles. The zero-order valence-corrected chi connectivity index (χ0v) is 13.6. The van der Waals surface area contributed by atoms with E-state index in [0.29, 0.717) is 6.04 Å². The van der Waals surface area contributed by atoms with Gasteiger partial charge in [0.05, 0.1) is 0 Å². The lowest BCUT2D eigenvalue weighted by Gasteiger charge is -2.10. The minimum atomic E-state index is 0.586. The fourth-order valence-corrected chi connectivity index (χ4v) is 3.01. The zero-order chi connectivity index (χ0) is 13.8. The van der Waals surface area contributed by atoms with Crippen molar-refractivity contribution in [1.82, 2.24) is 9.88 Å². The first-order chi connectivity index (χ1) is 9.11. The van der Waals surface area contributed by atoms with Gasteiger partial charge in [-0.05, 0) is 48.3 Å². The summed E-state index contributed by atoms with van der Waals surface area (Å²) in [4.78, 5) is 0. The van der Waals surface area contributed by atoms with Crippen molar-refractivity contribution < 1.29 is 0 Å². The molecule has 0 unspecified atom stereocenters. The molecule has 19 heavy (non-hydrogen) atoms. The van der Waals surface area contributed by atoms with E-state index in [0.717, 1.165) is 13.1 Å². The zero-order valence-electron chi connectivity index (χ0n) is 12.0. The Labute approximate surface area is 124 Å². The van der Waals surface area contributed by atoms with E-state index in [4.69, 9.17) is 0 Å². The highest BCUT2D eigenvalue weighted by Gasteiger charge is 2.10. The summed E-state index contributed by atoms with van der Waals surface area (Å²) in [5.41, 5.74) is 2.67. The van der Waals surface area contributed by atoms with E-state index in [9.17, 15) is 0 Å². The van der Waals surface area contributed by atoms with Crippen molar-refractivity contribution in [2.75, 3.05) is 6.54 Å². The molecule has 0 aliphatic carbocycles. The van der Waals surface area contributed by atoms with E-state index in [-0.39, 0.29) is 0 Å². The van der Waals surface area contributed by atoms with E-state index >= 15 is 0 Å². The minimum absolute atomic E-state index is 0.586. The molecule has 0 aliphatic rings. The molecule has 0 atom stereocenters. The highest BCUT2D eigenvalue weighted by molar-refractivity contribution is 9.10. The quantitative estimate of drug-likeness (QED) is 0.775. The second-order valence-electron chi connectivity index (χ2n) is 5.38. The van der Waals surface area contributed by atoms with Gasteiger partial charge in [-0.1, -0.05) is 32.0 Å². The summed E-state index contributed by atoms with van der Waals surface area (Å²) >= 11 is 3.71. The maximum atomic E-state index is 3.71. The van der Waals surface area contributed by atoms with Crippen molar-refractivity contribution in [2.24, 2.45) is 0 Å². The van der Waals surface area contributed by atoms with Crippen LogP contribution in [0.2, 0.25) is 0 Å². The Kier molecular flexibility index (Phi) is 5.06. The highest BCUT2D eigenvalue weighted by atomic mass is 79.9. The van der Waals surface area contributed by atoms with E-state index in [1.807, 2.05) is 0 Å². The van der Waals surface area contributed by atoms with Crippen LogP contribution >= 0.6 is 15.9 Å². The molecule has 2 aromatic rings. The molecule has 0 saturated heterocycles. The van der Waals surface area contributed by atoms with Gasteiger partial charge in [-0.25, -0.2) is 0 Å². The van der Waals surface area contributed by atoms with Crippen LogP contribution in [0.4, 0.5) is 0 Å². The van der Waals surface area contributed by atoms with Gasteiger partial charge >= 0.3 is 0 Å². The maximum Gasteiger partial charge on any atom is 0.0494 e. The number of aryl methyl sites for hydroxylation is 1. The number of aromatic nitrogens is 1. The fourth-order valence-electron chi connectivity index (χ4n) is 2.46. The molecule has 0 aliphatic heterocycles. The second kappa shape index (κ2) is 6.58. The SMILES string of the molecule is Cc1c(Br)c2ccccc2n1CCCCNC(C)C. The molecular formula is C16H23BrN2. The van der Waals surface area contributed by atoms with Crippen LogP contribution < -0.4 is 5.32 Å². The number of hydrogen-bond donors (Lipinski definition) is 1. The average molecular weight is 323 g/mol. The van der Waals surface area contributed by atoms with Crippen LogP contribution in [0.1, 0.15) is 32.4 Å². The molecule has 2 nitrogen and oxygen atoms in total. The molecule has 0 saturated carbocycles. The van der Waals surface area contributed by atoms with Gasteiger partial charge < -0.3 is 9.88 Å². The van der Waals surface area contributed by atoms with Gasteiger partial charge in [-0.2, -0.15) is 0 Å². The van der Waals surface area contributed by atoms with Crippen molar-refractivity contribution in [1.29, 1.82) is 0 Å². The molecule has 1 heterocycles. The first kappa shape index (κ1) is 14.6. The highest BCUT2D eigenvalue weighted by Crippen LogP contribution is 2.30. The summed E-state index contributed by atoms with van der Waals surface area (Å²) in [5.74, 6) is 0. The van der Waals surface area contributed by atoms with Crippen LogP contribution in [0, 0.1) is 6.92 Å². The third kappa shape index (κ3) is 3.40. The van der Waals surface area contributed by atoms with Gasteiger partial charge in [-0.15, -0.1) is 0 Å². The Morgan fingerprint density at radius 3 is 2.68 bits per heavy atom. The molecular weight excluding hydrogens is 300 g/mol. The van der Waals surface area contributed by atoms with Crippen molar-refractivity contribution in [3.63, 3.8) is 0 Å². The Morgan fingerprint density at radius 1 is 1.21 bits per heavy atom. The monoisotopic (exact) mass is 322 g/mol. The van der Waals surface area contributed by atoms with Crippen molar-refractivity contribution >= 4 is 26.8 Å².